The molecule has 2 aromatic heterocycles. The van der Waals surface area contributed by atoms with E-state index in [1.54, 1.807) is 12.4 Å². The second-order valence-corrected chi connectivity index (χ2v) is 7.83. The number of morpholine rings is 1. The maximum Gasteiger partial charge on any atom is 0.129 e. The molecule has 2 N–H and O–H groups in total. The summed E-state index contributed by atoms with van der Waals surface area (Å²) in [4.78, 5) is 6.70. The number of hydrogen-bond donors (Lipinski definition) is 2. The van der Waals surface area contributed by atoms with Gasteiger partial charge in [0.2, 0.25) is 0 Å². The third-order valence-corrected chi connectivity index (χ3v) is 5.97. The van der Waals surface area contributed by atoms with Crippen LogP contribution in [0.25, 0.3) is 16.6 Å². The summed E-state index contributed by atoms with van der Waals surface area (Å²) in [5.74, 6) is 0.391. The van der Waals surface area contributed by atoms with Crippen molar-refractivity contribution in [3.63, 3.8) is 0 Å². The molecule has 0 aliphatic carbocycles. The number of anilines is 1. The largest absolute Gasteiger partial charge is 0.378 e. The average Bonchev–Trinajstić information content (AvgIpc) is 3.32. The van der Waals surface area contributed by atoms with Crippen LogP contribution in [0.5, 0.6) is 0 Å². The molecule has 5 rings (SSSR count). The molecule has 8 nitrogen and oxygen atoms in total. The molecule has 158 valence electrons. The van der Waals surface area contributed by atoms with Crippen molar-refractivity contribution in [3.05, 3.63) is 70.7 Å². The molecule has 32 heavy (non-hydrogen) atoms. The molecular weight excluding hydrogens is 402 g/mol. The maximum atomic E-state index is 10.2. The molecule has 2 aliphatic rings. The summed E-state index contributed by atoms with van der Waals surface area (Å²) >= 11 is 0. The summed E-state index contributed by atoms with van der Waals surface area (Å²) in [7, 11) is 0. The van der Waals surface area contributed by atoms with Crippen molar-refractivity contribution >= 4 is 22.4 Å². The third-order valence-electron chi connectivity index (χ3n) is 5.97. The summed E-state index contributed by atoms with van der Waals surface area (Å²) in [6, 6.07) is 14.4. The lowest BCUT2D eigenvalue weighted by Crippen LogP contribution is -2.36. The van der Waals surface area contributed by atoms with E-state index in [2.05, 4.69) is 37.5 Å². The van der Waals surface area contributed by atoms with Gasteiger partial charge < -0.3 is 15.0 Å². The zero-order valence-corrected chi connectivity index (χ0v) is 17.6. The lowest BCUT2D eigenvalue weighted by atomic mass is 9.80. The highest BCUT2D eigenvalue weighted by Gasteiger charge is 2.31. The van der Waals surface area contributed by atoms with Crippen LogP contribution in [0.15, 0.2) is 59.6 Å². The molecule has 1 atom stereocenters. The molecule has 8 heteroatoms. The Morgan fingerprint density at radius 2 is 1.91 bits per heavy atom. The van der Waals surface area contributed by atoms with Crippen LogP contribution < -0.4 is 10.2 Å². The molecule has 0 saturated carbocycles. The van der Waals surface area contributed by atoms with Gasteiger partial charge in [-0.15, -0.1) is 0 Å². The highest BCUT2D eigenvalue weighted by Crippen LogP contribution is 2.40. The van der Waals surface area contributed by atoms with E-state index in [1.807, 2.05) is 37.3 Å². The van der Waals surface area contributed by atoms with Crippen LogP contribution in [0.3, 0.4) is 0 Å². The third kappa shape index (κ3) is 3.37. The monoisotopic (exact) mass is 423 g/mol. The predicted molar refractivity (Wildman–Crippen MR) is 120 cm³/mol. The molecule has 2 aliphatic heterocycles. The van der Waals surface area contributed by atoms with Crippen LogP contribution in [-0.2, 0) is 4.74 Å². The van der Waals surface area contributed by atoms with Crippen LogP contribution in [0.4, 0.5) is 5.82 Å². The minimum atomic E-state index is -0.458. The SMILES string of the molecule is CC1=C(C#N)C(c2ccc3[nH]ncc3c2)C(C#N)=C(c2ccnc(N3CCOCC3)c2)N1. The normalized spacial score (nSPS) is 19.0. The van der Waals surface area contributed by atoms with Crippen molar-refractivity contribution in [2.45, 2.75) is 12.8 Å². The fourth-order valence-electron chi connectivity index (χ4n) is 4.34. The number of nitrogens with one attached hydrogen (secondary N) is 2. The molecule has 1 saturated heterocycles. The number of pyridine rings is 1. The first-order valence-corrected chi connectivity index (χ1v) is 10.4. The lowest BCUT2D eigenvalue weighted by molar-refractivity contribution is 0.122. The van der Waals surface area contributed by atoms with Crippen LogP contribution >= 0.6 is 0 Å². The standard InChI is InChI=1S/C24H21N7O/c1-15-19(12-25)23(16-2-3-21-18(10-16)14-28-30-21)20(13-26)24(29-15)17-4-5-27-22(11-17)31-6-8-32-9-7-31/h2-5,10-11,14,23,29H,6-9H2,1H3,(H,28,30). The van der Waals surface area contributed by atoms with Gasteiger partial charge in [0, 0.05) is 35.9 Å². The number of H-pyrrole nitrogens is 1. The molecule has 1 aromatic carbocycles. The Morgan fingerprint density at radius 1 is 1.09 bits per heavy atom. The van der Waals surface area contributed by atoms with Gasteiger partial charge in [0.1, 0.15) is 5.82 Å². The summed E-state index contributed by atoms with van der Waals surface area (Å²) in [5, 5.41) is 31.4. The van der Waals surface area contributed by atoms with Crippen LogP contribution in [-0.4, -0.2) is 41.5 Å². The highest BCUT2D eigenvalue weighted by molar-refractivity contribution is 5.82. The number of aromatic amines is 1. The second-order valence-electron chi connectivity index (χ2n) is 7.83. The number of fused-ring (bicyclic) bond motifs is 1. The smallest absolute Gasteiger partial charge is 0.129 e. The predicted octanol–water partition coefficient (Wildman–Crippen LogP) is 3.21. The molecule has 0 spiro atoms. The van der Waals surface area contributed by atoms with E-state index in [-0.39, 0.29) is 0 Å². The molecule has 1 unspecified atom stereocenters. The fourth-order valence-corrected chi connectivity index (χ4v) is 4.34. The maximum absolute atomic E-state index is 10.2. The number of hydrogen-bond acceptors (Lipinski definition) is 7. The molecule has 1 fully saturated rings. The number of rotatable bonds is 3. The molecule has 0 radical (unpaired) electrons. The Bertz CT molecular complexity index is 1330. The summed E-state index contributed by atoms with van der Waals surface area (Å²) < 4.78 is 5.45. The summed E-state index contributed by atoms with van der Waals surface area (Å²) in [6.45, 7) is 4.77. The number of dihydropyridines is 1. The Morgan fingerprint density at radius 3 is 2.69 bits per heavy atom. The van der Waals surface area contributed by atoms with Crippen LogP contribution in [0, 0.1) is 22.7 Å². The Kier molecular flexibility index (Phi) is 5.06. The van der Waals surface area contributed by atoms with Crippen molar-refractivity contribution in [3.8, 4) is 12.1 Å². The Hall–Kier alpha value is -4.14. The number of ether oxygens (including phenoxy) is 1. The van der Waals surface area contributed by atoms with Gasteiger partial charge >= 0.3 is 0 Å². The van der Waals surface area contributed by atoms with Crippen LogP contribution in [0.1, 0.15) is 24.0 Å². The zero-order chi connectivity index (χ0) is 22.1. The number of nitrogens with zero attached hydrogens (tertiary/aromatic N) is 5. The van der Waals surface area contributed by atoms with Gasteiger partial charge in [0.05, 0.1) is 59.8 Å². The van der Waals surface area contributed by atoms with E-state index >= 15 is 0 Å². The van der Waals surface area contributed by atoms with Gasteiger partial charge in [-0.1, -0.05) is 6.07 Å². The Balaban J connectivity index is 1.63. The van der Waals surface area contributed by atoms with E-state index in [0.717, 1.165) is 46.6 Å². The van der Waals surface area contributed by atoms with Crippen molar-refractivity contribution in [1.82, 2.24) is 20.5 Å². The first kappa shape index (κ1) is 19.8. The number of aromatic nitrogens is 3. The van der Waals surface area contributed by atoms with E-state index in [9.17, 15) is 10.5 Å². The molecule has 0 amide bonds. The number of benzene rings is 1. The van der Waals surface area contributed by atoms with Gasteiger partial charge in [-0.3, -0.25) is 5.10 Å². The topological polar surface area (TPSA) is 114 Å². The van der Waals surface area contributed by atoms with Gasteiger partial charge in [-0.2, -0.15) is 15.6 Å². The molecule has 3 aromatic rings. The van der Waals surface area contributed by atoms with Gasteiger partial charge in [0.15, 0.2) is 0 Å². The van der Waals surface area contributed by atoms with E-state index in [4.69, 9.17) is 4.74 Å². The van der Waals surface area contributed by atoms with Crippen molar-refractivity contribution < 1.29 is 4.74 Å². The van der Waals surface area contributed by atoms with Crippen molar-refractivity contribution in [2.75, 3.05) is 31.2 Å². The minimum Gasteiger partial charge on any atom is -0.378 e. The Labute approximate surface area is 185 Å². The first-order chi connectivity index (χ1) is 15.7. The minimum absolute atomic E-state index is 0.458. The second kappa shape index (κ2) is 8.18. The molecule has 0 bridgehead atoms. The van der Waals surface area contributed by atoms with Gasteiger partial charge in [-0.25, -0.2) is 4.98 Å². The quantitative estimate of drug-likeness (QED) is 0.665. The van der Waals surface area contributed by atoms with Crippen molar-refractivity contribution in [2.24, 2.45) is 0 Å². The van der Waals surface area contributed by atoms with E-state index in [1.165, 1.54) is 0 Å². The fraction of sp³-hybridized carbons (Fsp3) is 0.250. The number of nitriles is 2. The first-order valence-electron chi connectivity index (χ1n) is 10.4. The number of allylic oxidation sites excluding steroid dienone is 3. The lowest BCUT2D eigenvalue weighted by Gasteiger charge is -2.30. The molecular formula is C24H21N7O. The highest BCUT2D eigenvalue weighted by atomic mass is 16.5. The summed E-state index contributed by atoms with van der Waals surface area (Å²) in [6.07, 6.45) is 3.51. The van der Waals surface area contributed by atoms with Gasteiger partial charge in [-0.05, 0) is 36.8 Å². The summed E-state index contributed by atoms with van der Waals surface area (Å²) in [5.41, 5.74) is 5.15. The van der Waals surface area contributed by atoms with E-state index in [0.29, 0.717) is 30.1 Å². The van der Waals surface area contributed by atoms with E-state index < -0.39 is 5.92 Å². The zero-order valence-electron chi connectivity index (χ0n) is 17.6. The van der Waals surface area contributed by atoms with Gasteiger partial charge in [0.25, 0.3) is 0 Å². The van der Waals surface area contributed by atoms with Crippen molar-refractivity contribution in [1.29, 1.82) is 10.5 Å². The molecule has 4 heterocycles. The van der Waals surface area contributed by atoms with Crippen LogP contribution in [0.2, 0.25) is 0 Å². The average molecular weight is 423 g/mol.